The second kappa shape index (κ2) is 4.96. The van der Waals surface area contributed by atoms with Crippen LogP contribution in [0.15, 0.2) is 29.2 Å². The van der Waals surface area contributed by atoms with Crippen molar-refractivity contribution in [2.75, 3.05) is 11.6 Å². The van der Waals surface area contributed by atoms with Crippen molar-refractivity contribution >= 4 is 23.4 Å². The van der Waals surface area contributed by atoms with Crippen molar-refractivity contribution in [2.24, 2.45) is 17.8 Å². The van der Waals surface area contributed by atoms with E-state index in [4.69, 9.17) is 0 Å². The van der Waals surface area contributed by atoms with Gasteiger partial charge in [0, 0.05) is 16.5 Å². The number of nitrogens with one attached hydrogen (secondary N) is 1. The molecule has 3 heteroatoms. The molecule has 1 aromatic rings. The average Bonchev–Trinajstić information content (AvgIpc) is 3.02. The Morgan fingerprint density at radius 3 is 2.56 bits per heavy atom. The number of thioether (sulfide) groups is 1. The SMILES string of the molecule is CSc1ccc(NC(=O)C2CC3CCC2C3)cc1. The fourth-order valence-corrected chi connectivity index (χ4v) is 3.88. The standard InChI is InChI=1S/C15H19NOS/c1-18-13-6-4-12(5-7-13)16-15(17)14-9-10-2-3-11(14)8-10/h4-7,10-11,14H,2-3,8-9H2,1H3,(H,16,17). The minimum Gasteiger partial charge on any atom is -0.326 e. The predicted octanol–water partition coefficient (Wildman–Crippen LogP) is 3.78. The minimum absolute atomic E-state index is 0.235. The molecule has 18 heavy (non-hydrogen) atoms. The van der Waals surface area contributed by atoms with Gasteiger partial charge in [-0.05, 0) is 61.6 Å². The number of amides is 1. The molecule has 0 saturated heterocycles. The topological polar surface area (TPSA) is 29.1 Å². The van der Waals surface area contributed by atoms with Crippen molar-refractivity contribution < 1.29 is 4.79 Å². The number of carbonyl (C=O) groups is 1. The lowest BCUT2D eigenvalue weighted by atomic mass is 9.88. The monoisotopic (exact) mass is 261 g/mol. The van der Waals surface area contributed by atoms with Gasteiger partial charge in [0.15, 0.2) is 0 Å². The maximum atomic E-state index is 12.2. The van der Waals surface area contributed by atoms with Gasteiger partial charge in [-0.2, -0.15) is 0 Å². The third kappa shape index (κ3) is 2.28. The molecule has 0 aliphatic heterocycles. The summed E-state index contributed by atoms with van der Waals surface area (Å²) in [5.74, 6) is 1.98. The first kappa shape index (κ1) is 12.1. The van der Waals surface area contributed by atoms with Crippen LogP contribution in [0.2, 0.25) is 0 Å². The third-order valence-electron chi connectivity index (χ3n) is 4.43. The van der Waals surface area contributed by atoms with Gasteiger partial charge in [0.1, 0.15) is 0 Å². The van der Waals surface area contributed by atoms with Gasteiger partial charge in [0.25, 0.3) is 0 Å². The van der Waals surface area contributed by atoms with Crippen LogP contribution >= 0.6 is 11.8 Å². The fraction of sp³-hybridized carbons (Fsp3) is 0.533. The molecule has 2 aliphatic carbocycles. The molecule has 0 radical (unpaired) electrons. The Morgan fingerprint density at radius 2 is 2.00 bits per heavy atom. The van der Waals surface area contributed by atoms with Crippen LogP contribution < -0.4 is 5.32 Å². The van der Waals surface area contributed by atoms with E-state index < -0.39 is 0 Å². The molecule has 3 unspecified atom stereocenters. The number of hydrogen-bond donors (Lipinski definition) is 1. The molecule has 1 N–H and O–H groups in total. The summed E-state index contributed by atoms with van der Waals surface area (Å²) in [5, 5.41) is 3.07. The van der Waals surface area contributed by atoms with Gasteiger partial charge >= 0.3 is 0 Å². The van der Waals surface area contributed by atoms with Crippen molar-refractivity contribution in [2.45, 2.75) is 30.6 Å². The van der Waals surface area contributed by atoms with Gasteiger partial charge in [-0.1, -0.05) is 6.42 Å². The molecule has 2 saturated carbocycles. The molecule has 1 amide bonds. The molecular weight excluding hydrogens is 242 g/mol. The van der Waals surface area contributed by atoms with E-state index in [0.717, 1.165) is 18.0 Å². The Hall–Kier alpha value is -0.960. The first-order valence-electron chi connectivity index (χ1n) is 6.71. The van der Waals surface area contributed by atoms with Crippen LogP contribution in [0.1, 0.15) is 25.7 Å². The Balaban J connectivity index is 1.63. The summed E-state index contributed by atoms with van der Waals surface area (Å²) in [6.07, 6.45) is 7.05. The Labute approximate surface area is 113 Å². The summed E-state index contributed by atoms with van der Waals surface area (Å²) in [4.78, 5) is 13.5. The fourth-order valence-electron chi connectivity index (χ4n) is 3.48. The van der Waals surface area contributed by atoms with Gasteiger partial charge < -0.3 is 5.32 Å². The highest BCUT2D eigenvalue weighted by Gasteiger charge is 2.42. The lowest BCUT2D eigenvalue weighted by Gasteiger charge is -2.20. The first-order chi connectivity index (χ1) is 8.76. The molecule has 0 spiro atoms. The molecule has 2 bridgehead atoms. The molecule has 0 aromatic heterocycles. The minimum atomic E-state index is 0.235. The second-order valence-electron chi connectivity index (χ2n) is 5.50. The molecule has 0 heterocycles. The number of fused-ring (bicyclic) bond motifs is 2. The quantitative estimate of drug-likeness (QED) is 0.839. The lowest BCUT2D eigenvalue weighted by molar-refractivity contribution is -0.121. The van der Waals surface area contributed by atoms with Crippen LogP contribution in [-0.4, -0.2) is 12.2 Å². The zero-order valence-corrected chi connectivity index (χ0v) is 11.5. The van der Waals surface area contributed by atoms with Crippen molar-refractivity contribution in [1.82, 2.24) is 0 Å². The van der Waals surface area contributed by atoms with Gasteiger partial charge in [-0.3, -0.25) is 4.79 Å². The largest absolute Gasteiger partial charge is 0.326 e. The van der Waals surface area contributed by atoms with Crippen LogP contribution in [0.25, 0.3) is 0 Å². The van der Waals surface area contributed by atoms with E-state index in [1.54, 1.807) is 11.8 Å². The van der Waals surface area contributed by atoms with Crippen LogP contribution in [0.4, 0.5) is 5.69 Å². The molecule has 3 rings (SSSR count). The van der Waals surface area contributed by atoms with E-state index in [1.807, 2.05) is 12.1 Å². The predicted molar refractivity (Wildman–Crippen MR) is 75.8 cm³/mol. The van der Waals surface area contributed by atoms with Gasteiger partial charge in [0.05, 0.1) is 0 Å². The number of benzene rings is 1. The maximum absolute atomic E-state index is 12.2. The Kier molecular flexibility index (Phi) is 3.33. The van der Waals surface area contributed by atoms with E-state index in [0.29, 0.717) is 5.92 Å². The van der Waals surface area contributed by atoms with E-state index in [-0.39, 0.29) is 11.8 Å². The van der Waals surface area contributed by atoms with E-state index >= 15 is 0 Å². The van der Waals surface area contributed by atoms with Gasteiger partial charge in [0.2, 0.25) is 5.91 Å². The molecule has 1 aromatic carbocycles. The third-order valence-corrected chi connectivity index (χ3v) is 5.18. The molecule has 96 valence electrons. The first-order valence-corrected chi connectivity index (χ1v) is 7.93. The summed E-state index contributed by atoms with van der Waals surface area (Å²) in [7, 11) is 0. The summed E-state index contributed by atoms with van der Waals surface area (Å²) in [6, 6.07) is 8.11. The summed E-state index contributed by atoms with van der Waals surface area (Å²) in [6.45, 7) is 0. The van der Waals surface area contributed by atoms with Crippen molar-refractivity contribution in [1.29, 1.82) is 0 Å². The molecule has 3 atom stereocenters. The van der Waals surface area contributed by atoms with Gasteiger partial charge in [-0.15, -0.1) is 11.8 Å². The summed E-state index contributed by atoms with van der Waals surface area (Å²) < 4.78 is 0. The van der Waals surface area contributed by atoms with E-state index in [9.17, 15) is 4.79 Å². The molecule has 2 nitrogen and oxygen atoms in total. The summed E-state index contributed by atoms with van der Waals surface area (Å²) in [5.41, 5.74) is 0.931. The highest BCUT2D eigenvalue weighted by molar-refractivity contribution is 7.98. The molecule has 2 fully saturated rings. The number of carbonyl (C=O) groups excluding carboxylic acids is 1. The van der Waals surface area contributed by atoms with E-state index in [1.165, 1.54) is 24.2 Å². The number of rotatable bonds is 3. The maximum Gasteiger partial charge on any atom is 0.227 e. The lowest BCUT2D eigenvalue weighted by Crippen LogP contribution is -2.27. The van der Waals surface area contributed by atoms with Crippen molar-refractivity contribution in [3.8, 4) is 0 Å². The van der Waals surface area contributed by atoms with Crippen LogP contribution in [-0.2, 0) is 4.79 Å². The summed E-state index contributed by atoms with van der Waals surface area (Å²) >= 11 is 1.72. The zero-order chi connectivity index (χ0) is 12.5. The van der Waals surface area contributed by atoms with Crippen molar-refractivity contribution in [3.63, 3.8) is 0 Å². The smallest absolute Gasteiger partial charge is 0.227 e. The normalized spacial score (nSPS) is 29.5. The molecule has 2 aliphatic rings. The zero-order valence-electron chi connectivity index (χ0n) is 10.7. The van der Waals surface area contributed by atoms with Crippen LogP contribution in [0.3, 0.4) is 0 Å². The van der Waals surface area contributed by atoms with Crippen molar-refractivity contribution in [3.05, 3.63) is 24.3 Å². The highest BCUT2D eigenvalue weighted by Crippen LogP contribution is 2.48. The highest BCUT2D eigenvalue weighted by atomic mass is 32.2. The van der Waals surface area contributed by atoms with Gasteiger partial charge in [-0.25, -0.2) is 0 Å². The number of anilines is 1. The van der Waals surface area contributed by atoms with E-state index in [2.05, 4.69) is 23.7 Å². The van der Waals surface area contributed by atoms with Crippen LogP contribution in [0.5, 0.6) is 0 Å². The molecular formula is C15H19NOS. The Bertz CT molecular complexity index is 442. The average molecular weight is 261 g/mol. The Morgan fingerprint density at radius 1 is 1.22 bits per heavy atom. The number of hydrogen-bond acceptors (Lipinski definition) is 2. The second-order valence-corrected chi connectivity index (χ2v) is 6.38. The van der Waals surface area contributed by atoms with Crippen LogP contribution in [0, 0.1) is 17.8 Å².